The molecule has 204 valence electrons. The third-order valence-electron chi connectivity index (χ3n) is 7.56. The molecule has 1 saturated heterocycles. The van der Waals surface area contributed by atoms with Gasteiger partial charge in [-0.2, -0.15) is 0 Å². The van der Waals surface area contributed by atoms with Gasteiger partial charge in [-0.3, -0.25) is 9.78 Å². The number of aromatic nitrogens is 2. The monoisotopic (exact) mass is 540 g/mol. The lowest BCUT2D eigenvalue weighted by atomic mass is 9.71. The van der Waals surface area contributed by atoms with E-state index in [1.807, 2.05) is 55.4 Å². The fourth-order valence-corrected chi connectivity index (χ4v) is 6.24. The van der Waals surface area contributed by atoms with Crippen LogP contribution in [0.25, 0.3) is 10.9 Å². The maximum Gasteiger partial charge on any atom is 0.303 e. The average molecular weight is 541 g/mol. The Bertz CT molecular complexity index is 1220. The molecule has 1 N–H and O–H groups in total. The van der Waals surface area contributed by atoms with Crippen molar-refractivity contribution in [3.05, 3.63) is 54.4 Å². The molecule has 0 amide bonds. The van der Waals surface area contributed by atoms with Gasteiger partial charge in [-0.1, -0.05) is 6.07 Å². The van der Waals surface area contributed by atoms with Crippen molar-refractivity contribution in [2.24, 2.45) is 5.41 Å². The number of thioether (sulfide) groups is 1. The van der Waals surface area contributed by atoms with Gasteiger partial charge in [0.2, 0.25) is 0 Å². The lowest BCUT2D eigenvalue weighted by Gasteiger charge is -2.41. The highest BCUT2D eigenvalue weighted by molar-refractivity contribution is 7.99. The standard InChI is InChI=1S/C29H37FN4O3S/c1-33(2)25-20-32-24-8-7-21(37-3)18-22(24)28(25)23(30)9-10-29(19-27(35)36)11-14-34(15-12-29)16-17-38-26-6-4-5-13-31-26/h4-8,13,18,20,23H,9-12,14-17,19H2,1-3H3,(H,35,36). The van der Waals surface area contributed by atoms with Crippen molar-refractivity contribution in [3.63, 3.8) is 0 Å². The van der Waals surface area contributed by atoms with Crippen LogP contribution in [0.4, 0.5) is 10.1 Å². The van der Waals surface area contributed by atoms with Crippen molar-refractivity contribution < 1.29 is 19.0 Å². The quantitative estimate of drug-likeness (QED) is 0.287. The number of anilines is 1. The number of carboxylic acid groups (broad SMARTS) is 1. The molecule has 0 bridgehead atoms. The van der Waals surface area contributed by atoms with E-state index in [0.29, 0.717) is 23.3 Å². The summed E-state index contributed by atoms with van der Waals surface area (Å²) in [4.78, 5) is 25.0. The summed E-state index contributed by atoms with van der Waals surface area (Å²) in [6.45, 7) is 2.57. The van der Waals surface area contributed by atoms with Gasteiger partial charge < -0.3 is 19.6 Å². The number of hydrogen-bond acceptors (Lipinski definition) is 7. The number of likely N-dealkylation sites (tertiary alicyclic amines) is 1. The van der Waals surface area contributed by atoms with Crippen molar-refractivity contribution in [1.29, 1.82) is 0 Å². The number of carboxylic acids is 1. The maximum atomic E-state index is 16.1. The fourth-order valence-electron chi connectivity index (χ4n) is 5.37. The van der Waals surface area contributed by atoms with E-state index in [2.05, 4.69) is 14.9 Å². The number of carbonyl (C=O) groups is 1. The first-order valence-corrected chi connectivity index (χ1v) is 14.0. The number of halogens is 1. The van der Waals surface area contributed by atoms with E-state index in [1.165, 1.54) is 0 Å². The molecule has 9 heteroatoms. The zero-order valence-electron chi connectivity index (χ0n) is 22.4. The minimum Gasteiger partial charge on any atom is -0.497 e. The van der Waals surface area contributed by atoms with E-state index < -0.39 is 17.6 Å². The molecule has 0 radical (unpaired) electrons. The van der Waals surface area contributed by atoms with Crippen molar-refractivity contribution in [2.45, 2.75) is 43.3 Å². The first-order valence-electron chi connectivity index (χ1n) is 13.1. The largest absolute Gasteiger partial charge is 0.497 e. The number of rotatable bonds is 12. The van der Waals surface area contributed by atoms with E-state index >= 15 is 4.39 Å². The van der Waals surface area contributed by atoms with Crippen LogP contribution in [0.15, 0.2) is 53.8 Å². The third kappa shape index (κ3) is 6.94. The average Bonchev–Trinajstić information content (AvgIpc) is 2.92. The molecule has 38 heavy (non-hydrogen) atoms. The van der Waals surface area contributed by atoms with Crippen LogP contribution in [0.1, 0.15) is 43.8 Å². The molecule has 0 saturated carbocycles. The molecule has 3 aromatic rings. The lowest BCUT2D eigenvalue weighted by Crippen LogP contribution is -2.42. The molecule has 1 fully saturated rings. The number of nitrogens with zero attached hydrogens (tertiary/aromatic N) is 4. The summed E-state index contributed by atoms with van der Waals surface area (Å²) in [6.07, 6.45) is 4.64. The van der Waals surface area contributed by atoms with Gasteiger partial charge in [-0.15, -0.1) is 11.8 Å². The molecule has 3 heterocycles. The summed E-state index contributed by atoms with van der Waals surface area (Å²) < 4.78 is 21.5. The summed E-state index contributed by atoms with van der Waals surface area (Å²) in [5.41, 5.74) is 1.63. The number of pyridine rings is 2. The molecule has 1 aliphatic heterocycles. The topological polar surface area (TPSA) is 78.8 Å². The van der Waals surface area contributed by atoms with Crippen molar-refractivity contribution in [2.75, 3.05) is 51.5 Å². The molecule has 0 spiro atoms. The van der Waals surface area contributed by atoms with Crippen molar-refractivity contribution in [3.8, 4) is 5.75 Å². The molecule has 1 unspecified atom stereocenters. The van der Waals surface area contributed by atoms with Gasteiger partial charge in [-0.05, 0) is 74.5 Å². The number of piperidine rings is 1. The van der Waals surface area contributed by atoms with E-state index in [1.54, 1.807) is 31.3 Å². The minimum atomic E-state index is -1.25. The Morgan fingerprint density at radius 3 is 2.68 bits per heavy atom. The predicted molar refractivity (Wildman–Crippen MR) is 151 cm³/mol. The number of alkyl halides is 1. The van der Waals surface area contributed by atoms with Crippen LogP contribution in [0.2, 0.25) is 0 Å². The van der Waals surface area contributed by atoms with Crippen LogP contribution in [0, 0.1) is 5.41 Å². The molecule has 1 aromatic carbocycles. The molecule has 0 aliphatic carbocycles. The van der Waals surface area contributed by atoms with E-state index in [-0.39, 0.29) is 12.8 Å². The van der Waals surface area contributed by atoms with Gasteiger partial charge in [-0.25, -0.2) is 9.37 Å². The third-order valence-corrected chi connectivity index (χ3v) is 8.48. The molecule has 1 atom stereocenters. The number of benzene rings is 1. The number of ether oxygens (including phenoxy) is 1. The summed E-state index contributed by atoms with van der Waals surface area (Å²) in [5, 5.41) is 11.5. The van der Waals surface area contributed by atoms with Gasteiger partial charge >= 0.3 is 5.97 Å². The van der Waals surface area contributed by atoms with Crippen LogP contribution in [0.3, 0.4) is 0 Å². The van der Waals surface area contributed by atoms with Crippen LogP contribution >= 0.6 is 11.8 Å². The van der Waals surface area contributed by atoms with Gasteiger partial charge in [0.25, 0.3) is 0 Å². The number of hydrogen-bond donors (Lipinski definition) is 1. The summed E-state index contributed by atoms with van der Waals surface area (Å²) in [5.74, 6) is 0.772. The Hall–Kier alpha value is -2.91. The van der Waals surface area contributed by atoms with Crippen molar-refractivity contribution >= 4 is 34.3 Å². The van der Waals surface area contributed by atoms with Gasteiger partial charge in [0, 0.05) is 43.5 Å². The highest BCUT2D eigenvalue weighted by atomic mass is 32.2. The Balaban J connectivity index is 1.44. The zero-order chi connectivity index (χ0) is 27.1. The SMILES string of the molecule is COc1ccc2ncc(N(C)C)c(C(F)CCC3(CC(=O)O)CCN(CCSc4ccccn4)CC3)c2c1. The number of aliphatic carboxylic acids is 1. The highest BCUT2D eigenvalue weighted by Crippen LogP contribution is 2.44. The first kappa shape index (κ1) is 28.1. The summed E-state index contributed by atoms with van der Waals surface area (Å²) in [7, 11) is 5.36. The second-order valence-corrected chi connectivity index (χ2v) is 11.4. The Kier molecular flexibility index (Phi) is 9.44. The second-order valence-electron chi connectivity index (χ2n) is 10.3. The van der Waals surface area contributed by atoms with Gasteiger partial charge in [0.05, 0.1) is 36.0 Å². The minimum absolute atomic E-state index is 0.0711. The van der Waals surface area contributed by atoms with E-state index in [0.717, 1.165) is 54.3 Å². The Labute approximate surface area is 228 Å². The van der Waals surface area contributed by atoms with Crippen LogP contribution in [0.5, 0.6) is 5.75 Å². The maximum absolute atomic E-state index is 16.1. The first-order chi connectivity index (χ1) is 18.3. The molecule has 2 aromatic heterocycles. The van der Waals surface area contributed by atoms with Crippen LogP contribution < -0.4 is 9.64 Å². The highest BCUT2D eigenvalue weighted by Gasteiger charge is 2.37. The second kappa shape index (κ2) is 12.8. The molecule has 4 rings (SSSR count). The van der Waals surface area contributed by atoms with E-state index in [4.69, 9.17) is 4.74 Å². The smallest absolute Gasteiger partial charge is 0.303 e. The summed E-state index contributed by atoms with van der Waals surface area (Å²) >= 11 is 1.73. The number of methoxy groups -OCH3 is 1. The molecule has 7 nitrogen and oxygen atoms in total. The summed E-state index contributed by atoms with van der Waals surface area (Å²) in [6, 6.07) is 11.4. The Morgan fingerprint density at radius 1 is 1.24 bits per heavy atom. The fraction of sp³-hybridized carbons (Fsp3) is 0.483. The molecule has 1 aliphatic rings. The van der Waals surface area contributed by atoms with Crippen molar-refractivity contribution in [1.82, 2.24) is 14.9 Å². The predicted octanol–water partition coefficient (Wildman–Crippen LogP) is 5.84. The Morgan fingerprint density at radius 2 is 2.03 bits per heavy atom. The van der Waals surface area contributed by atoms with Crippen LogP contribution in [-0.4, -0.2) is 72.5 Å². The molecular formula is C29H37FN4O3S. The van der Waals surface area contributed by atoms with E-state index in [9.17, 15) is 9.90 Å². The molecular weight excluding hydrogens is 503 g/mol. The van der Waals surface area contributed by atoms with Gasteiger partial charge in [0.15, 0.2) is 0 Å². The van der Waals surface area contributed by atoms with Crippen LogP contribution in [-0.2, 0) is 4.79 Å². The normalized spacial score (nSPS) is 16.3. The van der Waals surface area contributed by atoms with Gasteiger partial charge in [0.1, 0.15) is 11.9 Å². The zero-order valence-corrected chi connectivity index (χ0v) is 23.2. The number of fused-ring (bicyclic) bond motifs is 1. The lowest BCUT2D eigenvalue weighted by molar-refractivity contribution is -0.141.